The van der Waals surface area contributed by atoms with Gasteiger partial charge in [-0.15, -0.1) is 23.5 Å². The Morgan fingerprint density at radius 2 is 2.16 bits per heavy atom. The maximum atomic E-state index is 11.9. The van der Waals surface area contributed by atoms with Crippen molar-refractivity contribution in [3.63, 3.8) is 0 Å². The minimum atomic E-state index is -0.845. The van der Waals surface area contributed by atoms with E-state index >= 15 is 0 Å². The third-order valence-electron chi connectivity index (χ3n) is 3.03. The van der Waals surface area contributed by atoms with Crippen molar-refractivity contribution in [1.82, 2.24) is 4.98 Å². The summed E-state index contributed by atoms with van der Waals surface area (Å²) in [6.07, 6.45) is 0.773. The van der Waals surface area contributed by atoms with Crippen LogP contribution in [0.2, 0.25) is 0 Å². The molecule has 0 amide bonds. The van der Waals surface area contributed by atoms with Crippen LogP contribution in [0.1, 0.15) is 5.69 Å². The Hall–Kier alpha value is -0.980. The maximum absolute atomic E-state index is 11.9. The van der Waals surface area contributed by atoms with Gasteiger partial charge in [-0.05, 0) is 12.1 Å². The van der Waals surface area contributed by atoms with Gasteiger partial charge in [-0.2, -0.15) is 0 Å². The first-order valence-corrected chi connectivity index (χ1v) is 8.01. The smallest absolute Gasteiger partial charge is 0.338 e. The minimum Gasteiger partial charge on any atom is -0.455 e. The molecule has 0 aromatic carbocycles. The van der Waals surface area contributed by atoms with Gasteiger partial charge in [0, 0.05) is 29.8 Å². The summed E-state index contributed by atoms with van der Waals surface area (Å²) in [5.74, 6) is 1.58. The first kappa shape index (κ1) is 13.0. The average molecular weight is 295 g/mol. The zero-order valence-electron chi connectivity index (χ0n) is 10.1. The molecule has 1 aromatic rings. The van der Waals surface area contributed by atoms with Crippen molar-refractivity contribution < 1.29 is 14.6 Å². The molecule has 0 bridgehead atoms. The van der Waals surface area contributed by atoms with Gasteiger partial charge in [0.2, 0.25) is 0 Å². The second kappa shape index (κ2) is 5.56. The molecule has 3 heterocycles. The van der Waals surface area contributed by atoms with Crippen LogP contribution in [0.15, 0.2) is 34.2 Å². The fraction of sp³-hybridized carbons (Fsp3) is 0.385. The summed E-state index contributed by atoms with van der Waals surface area (Å²) in [4.78, 5) is 16.1. The number of carbonyl (C=O) groups excluding carboxylic acids is 1. The highest BCUT2D eigenvalue weighted by Crippen LogP contribution is 2.42. The highest BCUT2D eigenvalue weighted by atomic mass is 32.2. The summed E-state index contributed by atoms with van der Waals surface area (Å²) < 4.78 is 6.21. The largest absolute Gasteiger partial charge is 0.455 e. The Balaban J connectivity index is 1.79. The number of esters is 1. The van der Waals surface area contributed by atoms with Crippen molar-refractivity contribution in [3.8, 4) is 0 Å². The van der Waals surface area contributed by atoms with E-state index in [1.165, 1.54) is 0 Å². The normalized spacial score (nSPS) is 26.9. The van der Waals surface area contributed by atoms with E-state index in [1.54, 1.807) is 29.7 Å². The minimum absolute atomic E-state index is 0.384. The molecule has 4 nitrogen and oxygen atoms in total. The quantitative estimate of drug-likeness (QED) is 0.660. The summed E-state index contributed by atoms with van der Waals surface area (Å²) in [6.45, 7) is 0. The number of thioether (sulfide) groups is 2. The van der Waals surface area contributed by atoms with Crippen molar-refractivity contribution in [1.29, 1.82) is 0 Å². The van der Waals surface area contributed by atoms with Gasteiger partial charge >= 0.3 is 5.97 Å². The monoisotopic (exact) mass is 295 g/mol. The zero-order valence-corrected chi connectivity index (χ0v) is 11.7. The number of nitrogens with zero attached hydrogens (tertiary/aromatic N) is 1. The van der Waals surface area contributed by atoms with E-state index in [0.717, 1.165) is 21.4 Å². The molecule has 2 saturated heterocycles. The topological polar surface area (TPSA) is 59.4 Å². The van der Waals surface area contributed by atoms with Gasteiger partial charge in [-0.1, -0.05) is 6.07 Å². The Bertz CT molecular complexity index is 510. The van der Waals surface area contributed by atoms with Gasteiger partial charge < -0.3 is 9.84 Å². The first-order chi connectivity index (χ1) is 9.25. The molecule has 0 saturated carbocycles. The van der Waals surface area contributed by atoms with Gasteiger partial charge in [0.15, 0.2) is 0 Å². The number of pyridine rings is 1. The number of hydrogen-bond donors (Lipinski definition) is 1. The van der Waals surface area contributed by atoms with Gasteiger partial charge in [-0.25, -0.2) is 4.79 Å². The highest BCUT2D eigenvalue weighted by Gasteiger charge is 2.41. The van der Waals surface area contributed by atoms with Crippen LogP contribution < -0.4 is 0 Å². The zero-order chi connectivity index (χ0) is 13.2. The molecule has 0 radical (unpaired) electrons. The number of cyclic esters (lactones) is 1. The lowest BCUT2D eigenvalue weighted by molar-refractivity contribution is -0.139. The number of aromatic nitrogens is 1. The van der Waals surface area contributed by atoms with Crippen LogP contribution in [-0.4, -0.2) is 39.8 Å². The van der Waals surface area contributed by atoms with Crippen LogP contribution in [0.3, 0.4) is 0 Å². The highest BCUT2D eigenvalue weighted by molar-refractivity contribution is 8.25. The first-order valence-electron chi connectivity index (χ1n) is 6.04. The summed E-state index contributed by atoms with van der Waals surface area (Å²) in [7, 11) is 0. The van der Waals surface area contributed by atoms with E-state index < -0.39 is 12.2 Å². The van der Waals surface area contributed by atoms with Crippen LogP contribution in [-0.2, 0) is 16.0 Å². The number of carbonyl (C=O) groups is 1. The van der Waals surface area contributed by atoms with E-state index in [0.29, 0.717) is 12.0 Å². The Labute approximate surface area is 119 Å². The van der Waals surface area contributed by atoms with Crippen LogP contribution in [0, 0.1) is 0 Å². The maximum Gasteiger partial charge on any atom is 0.338 e. The van der Waals surface area contributed by atoms with Crippen molar-refractivity contribution in [3.05, 3.63) is 39.9 Å². The van der Waals surface area contributed by atoms with Crippen molar-refractivity contribution in [2.75, 3.05) is 11.5 Å². The summed E-state index contributed by atoms with van der Waals surface area (Å²) in [5, 5.41) is 10.3. The Morgan fingerprint density at radius 3 is 2.84 bits per heavy atom. The number of ether oxygens (including phenoxy) is 1. The molecule has 2 aliphatic rings. The lowest BCUT2D eigenvalue weighted by atomic mass is 10.1. The molecule has 6 heteroatoms. The summed E-state index contributed by atoms with van der Waals surface area (Å²) in [6, 6.07) is 5.58. The third-order valence-corrected chi connectivity index (χ3v) is 5.78. The SMILES string of the molecule is O=C1OC(Cc2ccccn2)C(O)C1=C1SCCS1. The van der Waals surface area contributed by atoms with E-state index in [9.17, 15) is 9.90 Å². The molecule has 2 unspecified atom stereocenters. The average Bonchev–Trinajstić information content (AvgIpc) is 3.01. The predicted molar refractivity (Wildman–Crippen MR) is 75.8 cm³/mol. The van der Waals surface area contributed by atoms with Gasteiger partial charge in [-0.3, -0.25) is 4.98 Å². The molecule has 1 aromatic heterocycles. The van der Waals surface area contributed by atoms with Crippen LogP contribution in [0.5, 0.6) is 0 Å². The molecule has 2 atom stereocenters. The number of hydrogen-bond acceptors (Lipinski definition) is 6. The Kier molecular flexibility index (Phi) is 3.81. The molecule has 0 aliphatic carbocycles. The van der Waals surface area contributed by atoms with Crippen LogP contribution >= 0.6 is 23.5 Å². The molecular formula is C13H13NO3S2. The van der Waals surface area contributed by atoms with Gasteiger partial charge in [0.05, 0.1) is 9.81 Å². The summed E-state index contributed by atoms with van der Waals surface area (Å²) >= 11 is 3.24. The molecule has 0 spiro atoms. The van der Waals surface area contributed by atoms with Crippen LogP contribution in [0.25, 0.3) is 0 Å². The van der Waals surface area contributed by atoms with Crippen LogP contribution in [0.4, 0.5) is 0 Å². The molecule has 2 aliphatic heterocycles. The number of aliphatic hydroxyl groups excluding tert-OH is 1. The van der Waals surface area contributed by atoms with Crippen molar-refractivity contribution in [2.45, 2.75) is 18.6 Å². The van der Waals surface area contributed by atoms with Gasteiger partial charge in [0.25, 0.3) is 0 Å². The second-order valence-electron chi connectivity index (χ2n) is 4.31. The molecule has 2 fully saturated rings. The van der Waals surface area contributed by atoms with Gasteiger partial charge in [0.1, 0.15) is 12.2 Å². The molecular weight excluding hydrogens is 282 g/mol. The van der Waals surface area contributed by atoms with E-state index in [2.05, 4.69) is 4.98 Å². The lowest BCUT2D eigenvalue weighted by Crippen LogP contribution is -2.25. The fourth-order valence-corrected chi connectivity index (χ4v) is 4.71. The van der Waals surface area contributed by atoms with E-state index in [-0.39, 0.29) is 5.97 Å². The van der Waals surface area contributed by atoms with Crippen molar-refractivity contribution in [2.24, 2.45) is 0 Å². The lowest BCUT2D eigenvalue weighted by Gasteiger charge is -2.12. The van der Waals surface area contributed by atoms with Crippen molar-refractivity contribution >= 4 is 29.5 Å². The Morgan fingerprint density at radius 1 is 1.37 bits per heavy atom. The number of rotatable bonds is 2. The molecule has 19 heavy (non-hydrogen) atoms. The number of aliphatic hydroxyl groups is 1. The second-order valence-corrected chi connectivity index (χ2v) is 6.78. The standard InChI is InChI=1S/C13H13NO3S2/c15-11-9(7-8-3-1-2-4-14-8)17-12(16)10(11)13-18-5-6-19-13/h1-4,9,11,15H,5-7H2. The third kappa shape index (κ3) is 2.66. The fourth-order valence-electron chi connectivity index (χ4n) is 2.12. The predicted octanol–water partition coefficient (Wildman–Crippen LogP) is 1.60. The summed E-state index contributed by atoms with van der Waals surface area (Å²) in [5.41, 5.74) is 1.26. The van der Waals surface area contributed by atoms with E-state index in [4.69, 9.17) is 4.74 Å². The van der Waals surface area contributed by atoms with E-state index in [1.807, 2.05) is 18.2 Å². The molecule has 1 N–H and O–H groups in total. The molecule has 3 rings (SSSR count). The molecule has 100 valence electrons.